The molecule has 0 aliphatic carbocycles. The van der Waals surface area contributed by atoms with Crippen LogP contribution in [0.4, 0.5) is 0 Å². The van der Waals surface area contributed by atoms with Crippen molar-refractivity contribution in [1.82, 2.24) is 10.3 Å². The highest BCUT2D eigenvalue weighted by Gasteiger charge is 2.24. The molecule has 1 heterocycles. The summed E-state index contributed by atoms with van der Waals surface area (Å²) in [6.45, 7) is 2.60. The van der Waals surface area contributed by atoms with Gasteiger partial charge in [-0.05, 0) is 60.5 Å². The van der Waals surface area contributed by atoms with Crippen LogP contribution in [0.3, 0.4) is 0 Å². The van der Waals surface area contributed by atoms with Crippen LogP contribution in [0.25, 0.3) is 10.8 Å². The molecule has 4 rings (SSSR count). The summed E-state index contributed by atoms with van der Waals surface area (Å²) in [6, 6.07) is 19.1. The number of hydrogen-bond acceptors (Lipinski definition) is 4. The fraction of sp³-hybridized carbons (Fsp3) is 0.250. The van der Waals surface area contributed by atoms with E-state index in [0.29, 0.717) is 5.56 Å². The van der Waals surface area contributed by atoms with Crippen molar-refractivity contribution >= 4 is 34.5 Å². The minimum Gasteiger partial charge on any atom is -0.507 e. The smallest absolute Gasteiger partial charge is 0.243 e. The van der Waals surface area contributed by atoms with Crippen LogP contribution < -0.4 is 5.43 Å². The number of piperidine rings is 1. The molecule has 2 N–H and O–H groups in total. The van der Waals surface area contributed by atoms with Gasteiger partial charge in [0, 0.05) is 23.0 Å². The number of carbonyl (C=O) groups excluding carboxylic acids is 1. The number of likely N-dealkylation sites (tertiary alicyclic amines) is 1. The molecule has 1 aliphatic heterocycles. The molecule has 0 unspecified atom stereocenters. The first kappa shape index (κ1) is 20.4. The maximum Gasteiger partial charge on any atom is 0.243 e. The van der Waals surface area contributed by atoms with Gasteiger partial charge in [-0.2, -0.15) is 5.10 Å². The number of rotatable bonds is 5. The lowest BCUT2D eigenvalue weighted by atomic mass is 9.96. The van der Waals surface area contributed by atoms with Crippen molar-refractivity contribution in [2.45, 2.75) is 19.4 Å². The standard InChI is InChI=1S/C24H24ClN3O2/c25-20-8-5-17(6-9-20)16-28-13-11-19(12-14-28)24(30)27-26-15-22-21-4-2-1-3-18(21)7-10-23(22)29/h1-10,15,19,29H,11-14,16H2,(H,27,30)/b26-15+. The Hall–Kier alpha value is -2.89. The third-order valence-electron chi connectivity index (χ3n) is 5.59. The van der Waals surface area contributed by atoms with E-state index in [-0.39, 0.29) is 17.6 Å². The fourth-order valence-electron chi connectivity index (χ4n) is 3.87. The zero-order chi connectivity index (χ0) is 20.9. The molecule has 3 aromatic carbocycles. The Balaban J connectivity index is 1.31. The van der Waals surface area contributed by atoms with E-state index in [1.54, 1.807) is 6.07 Å². The first-order chi connectivity index (χ1) is 14.6. The molecule has 1 fully saturated rings. The summed E-state index contributed by atoms with van der Waals surface area (Å²) < 4.78 is 0. The molecule has 3 aromatic rings. The lowest BCUT2D eigenvalue weighted by Crippen LogP contribution is -2.39. The first-order valence-corrected chi connectivity index (χ1v) is 10.5. The predicted molar refractivity (Wildman–Crippen MR) is 121 cm³/mol. The highest BCUT2D eigenvalue weighted by atomic mass is 35.5. The first-order valence-electron chi connectivity index (χ1n) is 10.1. The largest absolute Gasteiger partial charge is 0.507 e. The van der Waals surface area contributed by atoms with Crippen LogP contribution in [0.5, 0.6) is 5.75 Å². The van der Waals surface area contributed by atoms with Gasteiger partial charge in [0.25, 0.3) is 0 Å². The summed E-state index contributed by atoms with van der Waals surface area (Å²) >= 11 is 5.94. The van der Waals surface area contributed by atoms with Crippen molar-refractivity contribution < 1.29 is 9.90 Å². The number of fused-ring (bicyclic) bond motifs is 1. The van der Waals surface area contributed by atoms with Crippen LogP contribution in [-0.4, -0.2) is 35.2 Å². The summed E-state index contributed by atoms with van der Waals surface area (Å²) in [5.41, 5.74) is 4.48. The van der Waals surface area contributed by atoms with Crippen molar-refractivity contribution in [3.8, 4) is 5.75 Å². The van der Waals surface area contributed by atoms with Gasteiger partial charge in [0.05, 0.1) is 6.21 Å². The average Bonchev–Trinajstić information content (AvgIpc) is 2.77. The summed E-state index contributed by atoms with van der Waals surface area (Å²) in [5, 5.41) is 16.9. The third kappa shape index (κ3) is 4.81. The second-order valence-electron chi connectivity index (χ2n) is 7.63. The van der Waals surface area contributed by atoms with E-state index < -0.39 is 0 Å². The number of hydrazone groups is 1. The van der Waals surface area contributed by atoms with Crippen LogP contribution in [0.15, 0.2) is 65.8 Å². The van der Waals surface area contributed by atoms with Gasteiger partial charge in [-0.25, -0.2) is 5.43 Å². The van der Waals surface area contributed by atoms with E-state index in [1.807, 2.05) is 54.6 Å². The SMILES string of the molecule is O=C(N/N=C/c1c(O)ccc2ccccc12)C1CCN(Cc2ccc(Cl)cc2)CC1. The number of aromatic hydroxyl groups is 1. The molecule has 5 nitrogen and oxygen atoms in total. The number of amides is 1. The number of phenols is 1. The Bertz CT molecular complexity index is 1060. The molecular formula is C24H24ClN3O2. The summed E-state index contributed by atoms with van der Waals surface area (Å²) in [6.07, 6.45) is 3.12. The Kier molecular flexibility index (Phi) is 6.31. The maximum absolute atomic E-state index is 12.5. The van der Waals surface area contributed by atoms with Gasteiger partial charge in [-0.1, -0.05) is 54.1 Å². The van der Waals surface area contributed by atoms with Crippen LogP contribution in [-0.2, 0) is 11.3 Å². The van der Waals surface area contributed by atoms with Crippen molar-refractivity contribution in [3.05, 3.63) is 76.8 Å². The summed E-state index contributed by atoms with van der Waals surface area (Å²) in [4.78, 5) is 14.9. The number of benzene rings is 3. The second-order valence-corrected chi connectivity index (χ2v) is 8.07. The number of nitrogens with zero attached hydrogens (tertiary/aromatic N) is 2. The number of carbonyl (C=O) groups is 1. The molecule has 6 heteroatoms. The quantitative estimate of drug-likeness (QED) is 0.468. The molecule has 0 atom stereocenters. The minimum atomic E-state index is -0.0721. The Morgan fingerprint density at radius 3 is 2.60 bits per heavy atom. The molecule has 0 aromatic heterocycles. The van der Waals surface area contributed by atoms with Crippen LogP contribution in [0.2, 0.25) is 5.02 Å². The minimum absolute atomic E-state index is 0.0512. The Morgan fingerprint density at radius 1 is 1.10 bits per heavy atom. The van der Waals surface area contributed by atoms with Crippen molar-refractivity contribution in [2.75, 3.05) is 13.1 Å². The number of phenolic OH excluding ortho intramolecular Hbond substituents is 1. The van der Waals surface area contributed by atoms with E-state index >= 15 is 0 Å². The van der Waals surface area contributed by atoms with Crippen molar-refractivity contribution in [2.24, 2.45) is 11.0 Å². The Labute approximate surface area is 181 Å². The predicted octanol–water partition coefficient (Wildman–Crippen LogP) is 4.56. The highest BCUT2D eigenvalue weighted by molar-refractivity contribution is 6.30. The molecule has 1 amide bonds. The summed E-state index contributed by atoms with van der Waals surface area (Å²) in [5.74, 6) is 0.0176. The monoisotopic (exact) mass is 421 g/mol. The molecule has 154 valence electrons. The second kappa shape index (κ2) is 9.28. The van der Waals surface area contributed by atoms with Crippen molar-refractivity contribution in [3.63, 3.8) is 0 Å². The topological polar surface area (TPSA) is 64.9 Å². The molecular weight excluding hydrogens is 398 g/mol. The lowest BCUT2D eigenvalue weighted by Gasteiger charge is -2.30. The molecule has 0 saturated carbocycles. The fourth-order valence-corrected chi connectivity index (χ4v) is 4.00. The van der Waals surface area contributed by atoms with E-state index in [0.717, 1.165) is 48.3 Å². The average molecular weight is 422 g/mol. The van der Waals surface area contributed by atoms with Gasteiger partial charge in [0.2, 0.25) is 5.91 Å². The van der Waals surface area contributed by atoms with Crippen LogP contribution in [0, 0.1) is 5.92 Å². The normalized spacial score (nSPS) is 15.6. The van der Waals surface area contributed by atoms with Crippen LogP contribution >= 0.6 is 11.6 Å². The zero-order valence-corrected chi connectivity index (χ0v) is 17.3. The van der Waals surface area contributed by atoms with Crippen LogP contribution in [0.1, 0.15) is 24.0 Å². The number of halogens is 1. The summed E-state index contributed by atoms with van der Waals surface area (Å²) in [7, 11) is 0. The molecule has 0 spiro atoms. The van der Waals surface area contributed by atoms with Gasteiger partial charge in [-0.15, -0.1) is 0 Å². The zero-order valence-electron chi connectivity index (χ0n) is 16.6. The lowest BCUT2D eigenvalue weighted by molar-refractivity contribution is -0.126. The molecule has 0 bridgehead atoms. The Morgan fingerprint density at radius 2 is 1.83 bits per heavy atom. The molecule has 0 radical (unpaired) electrons. The van der Waals surface area contributed by atoms with Gasteiger partial charge < -0.3 is 5.11 Å². The number of hydrogen-bond donors (Lipinski definition) is 2. The van der Waals surface area contributed by atoms with Gasteiger partial charge >= 0.3 is 0 Å². The molecule has 1 aliphatic rings. The van der Waals surface area contributed by atoms with E-state index in [1.165, 1.54) is 11.8 Å². The van der Waals surface area contributed by atoms with Gasteiger partial charge in [0.15, 0.2) is 0 Å². The van der Waals surface area contributed by atoms with E-state index in [9.17, 15) is 9.90 Å². The van der Waals surface area contributed by atoms with E-state index in [4.69, 9.17) is 11.6 Å². The van der Waals surface area contributed by atoms with E-state index in [2.05, 4.69) is 15.4 Å². The third-order valence-corrected chi connectivity index (χ3v) is 5.85. The van der Waals surface area contributed by atoms with Crippen molar-refractivity contribution in [1.29, 1.82) is 0 Å². The number of nitrogens with one attached hydrogen (secondary N) is 1. The maximum atomic E-state index is 12.5. The van der Waals surface area contributed by atoms with Gasteiger partial charge in [-0.3, -0.25) is 9.69 Å². The van der Waals surface area contributed by atoms with Gasteiger partial charge in [0.1, 0.15) is 5.75 Å². The molecule has 1 saturated heterocycles. The molecule has 30 heavy (non-hydrogen) atoms. The highest BCUT2D eigenvalue weighted by Crippen LogP contribution is 2.25.